The molecule has 2 atom stereocenters. The van der Waals surface area contributed by atoms with Crippen LogP contribution in [-0.4, -0.2) is 26.9 Å². The molecule has 0 radical (unpaired) electrons. The van der Waals surface area contributed by atoms with E-state index in [0.29, 0.717) is 18.5 Å². The maximum atomic E-state index is 11.9. The van der Waals surface area contributed by atoms with Crippen molar-refractivity contribution in [1.82, 2.24) is 4.72 Å². The first-order chi connectivity index (χ1) is 8.71. The maximum Gasteiger partial charge on any atom is 0.336 e. The predicted molar refractivity (Wildman–Crippen MR) is 80.0 cm³/mol. The second kappa shape index (κ2) is 6.74. The molecule has 0 saturated carbocycles. The fourth-order valence-corrected chi connectivity index (χ4v) is 3.41. The van der Waals surface area contributed by atoms with E-state index in [-0.39, 0.29) is 10.7 Å². The third-order valence-electron chi connectivity index (χ3n) is 2.63. The summed E-state index contributed by atoms with van der Waals surface area (Å²) in [6, 6.07) is 1.63. The zero-order valence-electron chi connectivity index (χ0n) is 11.7. The highest BCUT2D eigenvalue weighted by atomic mass is 32.2. The van der Waals surface area contributed by atoms with Crippen molar-refractivity contribution in [3.8, 4) is 0 Å². The van der Waals surface area contributed by atoms with E-state index in [1.807, 2.05) is 27.7 Å². The average Bonchev–Trinajstić information content (AvgIpc) is 2.72. The molecule has 19 heavy (non-hydrogen) atoms. The van der Waals surface area contributed by atoms with E-state index in [0.717, 1.165) is 4.88 Å². The van der Waals surface area contributed by atoms with E-state index in [4.69, 9.17) is 5.11 Å². The molecule has 0 aromatic carbocycles. The number of aromatic carboxylic acids is 1. The van der Waals surface area contributed by atoms with Crippen LogP contribution in [-0.2, 0) is 17.8 Å². The summed E-state index contributed by atoms with van der Waals surface area (Å²) in [4.78, 5) is 11.9. The Balaban J connectivity index is 2.50. The minimum Gasteiger partial charge on any atom is -0.598 e. The lowest BCUT2D eigenvalue weighted by Gasteiger charge is -2.24. The molecule has 2 N–H and O–H groups in total. The summed E-state index contributed by atoms with van der Waals surface area (Å²) in [5, 5.41) is 10.8. The Hall–Kier alpha value is -0.560. The molecule has 6 heteroatoms. The lowest BCUT2D eigenvalue weighted by Crippen LogP contribution is -2.41. The standard InChI is InChI=1S/C13H21NO3S2/c1-9(8-14-19(17)13(2,3)4)7-11-10(12(15)16)5-6-18-11/h5-6,9,14H,7-8H2,1-4H3,(H,15,16)/t9-,19?/m1/s1. The molecule has 4 nitrogen and oxygen atoms in total. The number of rotatable bonds is 6. The fraction of sp³-hybridized carbons (Fsp3) is 0.615. The summed E-state index contributed by atoms with van der Waals surface area (Å²) >= 11 is 0.378. The summed E-state index contributed by atoms with van der Waals surface area (Å²) in [6.07, 6.45) is 0.688. The number of carboxylic acids is 1. The summed E-state index contributed by atoms with van der Waals surface area (Å²) < 4.78 is 14.6. The van der Waals surface area contributed by atoms with Crippen LogP contribution in [0.25, 0.3) is 0 Å². The van der Waals surface area contributed by atoms with Gasteiger partial charge in [0.15, 0.2) is 0 Å². The molecule has 0 aliphatic heterocycles. The summed E-state index contributed by atoms with van der Waals surface area (Å²) in [5.74, 6) is -0.641. The molecule has 0 saturated heterocycles. The molecule has 0 aliphatic carbocycles. The monoisotopic (exact) mass is 303 g/mol. The third kappa shape index (κ3) is 5.14. The fourth-order valence-electron chi connectivity index (χ4n) is 1.51. The van der Waals surface area contributed by atoms with Gasteiger partial charge in [-0.1, -0.05) is 6.92 Å². The average molecular weight is 303 g/mol. The van der Waals surface area contributed by atoms with Crippen molar-refractivity contribution in [2.75, 3.05) is 6.54 Å². The Labute approximate surface area is 121 Å². The predicted octanol–water partition coefficient (Wildman–Crippen LogP) is 2.68. The Morgan fingerprint density at radius 3 is 2.74 bits per heavy atom. The number of carboxylic acid groups (broad SMARTS) is 1. The summed E-state index contributed by atoms with van der Waals surface area (Å²) in [6.45, 7) is 8.40. The van der Waals surface area contributed by atoms with Gasteiger partial charge in [0.1, 0.15) is 4.75 Å². The first-order valence-corrected chi connectivity index (χ1v) is 8.19. The molecule has 1 aromatic heterocycles. The number of carbonyl (C=O) groups is 1. The van der Waals surface area contributed by atoms with Gasteiger partial charge in [0.2, 0.25) is 0 Å². The van der Waals surface area contributed by atoms with Crippen LogP contribution in [0.5, 0.6) is 0 Å². The Morgan fingerprint density at radius 2 is 2.21 bits per heavy atom. The van der Waals surface area contributed by atoms with Crippen molar-refractivity contribution in [3.63, 3.8) is 0 Å². The summed E-state index contributed by atoms with van der Waals surface area (Å²) in [5.41, 5.74) is 0.383. The topological polar surface area (TPSA) is 72.4 Å². The van der Waals surface area contributed by atoms with Gasteiger partial charge < -0.3 is 9.66 Å². The molecular weight excluding hydrogens is 282 g/mol. The normalized spacial score (nSPS) is 15.2. The van der Waals surface area contributed by atoms with Gasteiger partial charge in [-0.05, 0) is 44.6 Å². The zero-order valence-corrected chi connectivity index (χ0v) is 13.4. The Bertz CT molecular complexity index is 426. The molecule has 108 valence electrons. The molecule has 1 rings (SSSR count). The van der Waals surface area contributed by atoms with Gasteiger partial charge in [0.05, 0.1) is 5.56 Å². The Morgan fingerprint density at radius 1 is 1.58 bits per heavy atom. The maximum absolute atomic E-state index is 11.9. The number of thiophene rings is 1. The first-order valence-electron chi connectivity index (χ1n) is 6.17. The molecule has 0 fully saturated rings. The van der Waals surface area contributed by atoms with Crippen LogP contribution in [0, 0.1) is 5.92 Å². The van der Waals surface area contributed by atoms with Gasteiger partial charge in [-0.25, -0.2) is 4.79 Å². The van der Waals surface area contributed by atoms with Crippen LogP contribution in [0.15, 0.2) is 11.4 Å². The lowest BCUT2D eigenvalue weighted by molar-refractivity contribution is 0.0696. The second-order valence-corrected chi connectivity index (χ2v) is 8.65. The molecule has 1 heterocycles. The van der Waals surface area contributed by atoms with Crippen molar-refractivity contribution in [2.45, 2.75) is 38.9 Å². The molecule has 0 amide bonds. The van der Waals surface area contributed by atoms with Crippen molar-refractivity contribution < 1.29 is 14.5 Å². The second-order valence-electron chi connectivity index (χ2n) is 5.60. The van der Waals surface area contributed by atoms with E-state index in [2.05, 4.69) is 4.72 Å². The Kier molecular flexibility index (Phi) is 5.85. The zero-order chi connectivity index (χ0) is 14.6. The van der Waals surface area contributed by atoms with E-state index in [1.165, 1.54) is 11.3 Å². The number of hydrogen-bond acceptors (Lipinski definition) is 4. The van der Waals surface area contributed by atoms with Gasteiger partial charge in [-0.15, -0.1) is 16.1 Å². The lowest BCUT2D eigenvalue weighted by atomic mass is 10.1. The highest BCUT2D eigenvalue weighted by Crippen LogP contribution is 2.21. The smallest absolute Gasteiger partial charge is 0.336 e. The van der Waals surface area contributed by atoms with Gasteiger partial charge in [-0.3, -0.25) is 0 Å². The largest absolute Gasteiger partial charge is 0.598 e. The highest BCUT2D eigenvalue weighted by molar-refractivity contribution is 7.90. The van der Waals surface area contributed by atoms with Crippen LogP contribution < -0.4 is 4.72 Å². The van der Waals surface area contributed by atoms with Crippen LogP contribution in [0.1, 0.15) is 42.9 Å². The minimum atomic E-state index is -1.08. The SMILES string of the molecule is C[C@@H](CN[S+]([O-])C(C)(C)C)Cc1sccc1C(=O)O. The van der Waals surface area contributed by atoms with Crippen LogP contribution >= 0.6 is 11.3 Å². The van der Waals surface area contributed by atoms with Crippen molar-refractivity contribution in [2.24, 2.45) is 5.92 Å². The van der Waals surface area contributed by atoms with E-state index in [1.54, 1.807) is 11.4 Å². The van der Waals surface area contributed by atoms with E-state index >= 15 is 0 Å². The molecule has 0 bridgehead atoms. The van der Waals surface area contributed by atoms with E-state index in [9.17, 15) is 9.35 Å². The van der Waals surface area contributed by atoms with Crippen LogP contribution in [0.4, 0.5) is 0 Å². The summed E-state index contributed by atoms with van der Waals surface area (Å²) in [7, 11) is 0. The molecule has 0 aliphatic rings. The van der Waals surface area contributed by atoms with Gasteiger partial charge >= 0.3 is 5.97 Å². The molecule has 1 unspecified atom stereocenters. The molecule has 1 aromatic rings. The van der Waals surface area contributed by atoms with Gasteiger partial charge in [0.25, 0.3) is 0 Å². The van der Waals surface area contributed by atoms with Crippen LogP contribution in [0.2, 0.25) is 0 Å². The number of nitrogens with one attached hydrogen (secondary N) is 1. The van der Waals surface area contributed by atoms with Gasteiger partial charge in [0, 0.05) is 22.8 Å². The molecular formula is C13H21NO3S2. The molecule has 0 spiro atoms. The quantitative estimate of drug-likeness (QED) is 0.793. The van der Waals surface area contributed by atoms with Gasteiger partial charge in [-0.2, -0.15) is 0 Å². The number of hydrogen-bond donors (Lipinski definition) is 2. The van der Waals surface area contributed by atoms with Crippen molar-refractivity contribution >= 4 is 28.7 Å². The minimum absolute atomic E-state index is 0.239. The van der Waals surface area contributed by atoms with Crippen molar-refractivity contribution in [1.29, 1.82) is 0 Å². The van der Waals surface area contributed by atoms with Crippen LogP contribution in [0.3, 0.4) is 0 Å². The van der Waals surface area contributed by atoms with E-state index < -0.39 is 17.3 Å². The highest BCUT2D eigenvalue weighted by Gasteiger charge is 2.26. The third-order valence-corrected chi connectivity index (χ3v) is 5.11. The van der Waals surface area contributed by atoms with Crippen molar-refractivity contribution in [3.05, 3.63) is 21.9 Å². The first kappa shape index (κ1) is 16.5.